The molecule has 0 amide bonds. The molecule has 1 fully saturated rings. The number of nitrogens with one attached hydrogen (secondary N) is 1. The van der Waals surface area contributed by atoms with E-state index >= 15 is 0 Å². The Balaban J connectivity index is 1.32. The molecule has 112 valence electrons. The molecule has 2 aromatic heterocycles. The highest BCUT2D eigenvalue weighted by molar-refractivity contribution is 6.30. The Labute approximate surface area is 133 Å². The molecule has 0 saturated carbocycles. The summed E-state index contributed by atoms with van der Waals surface area (Å²) in [4.78, 5) is 10.1. The summed E-state index contributed by atoms with van der Waals surface area (Å²) in [6.45, 7) is 2.70. The average Bonchev–Trinajstić information content (AvgIpc) is 2.94. The molecule has 1 N–H and O–H groups in total. The van der Waals surface area contributed by atoms with E-state index in [0.717, 1.165) is 47.1 Å². The number of pyridine rings is 1. The minimum atomic E-state index is 0.246. The van der Waals surface area contributed by atoms with Crippen molar-refractivity contribution in [1.29, 1.82) is 0 Å². The van der Waals surface area contributed by atoms with Crippen LogP contribution in [0.15, 0.2) is 48.7 Å². The van der Waals surface area contributed by atoms with E-state index in [1.165, 1.54) is 0 Å². The van der Waals surface area contributed by atoms with E-state index in [1.807, 2.05) is 36.5 Å². The van der Waals surface area contributed by atoms with Crippen molar-refractivity contribution < 1.29 is 4.74 Å². The Morgan fingerprint density at radius 2 is 1.95 bits per heavy atom. The van der Waals surface area contributed by atoms with Crippen LogP contribution in [-0.2, 0) is 6.54 Å². The largest absolute Gasteiger partial charge is 0.488 e. The van der Waals surface area contributed by atoms with Gasteiger partial charge in [-0.3, -0.25) is 4.90 Å². The van der Waals surface area contributed by atoms with Crippen LogP contribution in [0.1, 0.15) is 5.69 Å². The maximum absolute atomic E-state index is 5.90. The third-order valence-corrected chi connectivity index (χ3v) is 4.14. The summed E-state index contributed by atoms with van der Waals surface area (Å²) >= 11 is 5.87. The van der Waals surface area contributed by atoms with Crippen molar-refractivity contribution in [2.24, 2.45) is 0 Å². The van der Waals surface area contributed by atoms with Crippen molar-refractivity contribution in [2.75, 3.05) is 13.1 Å². The number of hydrogen-bond acceptors (Lipinski definition) is 3. The highest BCUT2D eigenvalue weighted by Crippen LogP contribution is 2.21. The van der Waals surface area contributed by atoms with Gasteiger partial charge in [0.25, 0.3) is 0 Å². The summed E-state index contributed by atoms with van der Waals surface area (Å²) in [7, 11) is 0. The number of H-pyrrole nitrogens is 1. The molecule has 1 aromatic carbocycles. The van der Waals surface area contributed by atoms with Crippen LogP contribution in [0.25, 0.3) is 11.0 Å². The lowest BCUT2D eigenvalue weighted by Gasteiger charge is -2.38. The Kier molecular flexibility index (Phi) is 3.48. The number of likely N-dealkylation sites (tertiary alicyclic amines) is 1. The molecule has 1 aliphatic heterocycles. The van der Waals surface area contributed by atoms with Gasteiger partial charge >= 0.3 is 0 Å². The molecular weight excluding hydrogens is 298 g/mol. The minimum absolute atomic E-state index is 0.246. The Morgan fingerprint density at radius 1 is 1.14 bits per heavy atom. The number of benzene rings is 1. The summed E-state index contributed by atoms with van der Waals surface area (Å²) in [5.41, 5.74) is 2.03. The van der Waals surface area contributed by atoms with Crippen molar-refractivity contribution in [3.63, 3.8) is 0 Å². The van der Waals surface area contributed by atoms with E-state index in [9.17, 15) is 0 Å². The number of nitrogens with zero attached hydrogens (tertiary/aromatic N) is 2. The zero-order chi connectivity index (χ0) is 14.9. The molecule has 0 bridgehead atoms. The number of halogens is 1. The quantitative estimate of drug-likeness (QED) is 0.801. The molecule has 0 spiro atoms. The van der Waals surface area contributed by atoms with Crippen LogP contribution in [-0.4, -0.2) is 34.1 Å². The number of aromatic amines is 1. The molecule has 1 aliphatic rings. The van der Waals surface area contributed by atoms with Crippen LogP contribution in [0.5, 0.6) is 5.75 Å². The molecule has 4 rings (SSSR count). The van der Waals surface area contributed by atoms with Gasteiger partial charge < -0.3 is 9.72 Å². The normalized spacial score (nSPS) is 15.9. The predicted octanol–water partition coefficient (Wildman–Crippen LogP) is 3.48. The lowest BCUT2D eigenvalue weighted by molar-refractivity contribution is 0.0139. The van der Waals surface area contributed by atoms with Crippen LogP contribution in [0.3, 0.4) is 0 Å². The minimum Gasteiger partial charge on any atom is -0.488 e. The van der Waals surface area contributed by atoms with Gasteiger partial charge in [0.15, 0.2) is 0 Å². The van der Waals surface area contributed by atoms with Crippen LogP contribution in [0, 0.1) is 0 Å². The zero-order valence-electron chi connectivity index (χ0n) is 12.0. The van der Waals surface area contributed by atoms with Gasteiger partial charge in [-0.25, -0.2) is 4.98 Å². The molecule has 5 heteroatoms. The Hall–Kier alpha value is -2.04. The fourth-order valence-electron chi connectivity index (χ4n) is 2.72. The molecule has 0 radical (unpaired) electrons. The topological polar surface area (TPSA) is 41.1 Å². The summed E-state index contributed by atoms with van der Waals surface area (Å²) < 4.78 is 5.90. The molecule has 0 atom stereocenters. The van der Waals surface area contributed by atoms with Crippen molar-refractivity contribution in [3.05, 3.63) is 59.4 Å². The number of fused-ring (bicyclic) bond motifs is 1. The van der Waals surface area contributed by atoms with Crippen LogP contribution < -0.4 is 4.74 Å². The first kappa shape index (κ1) is 13.6. The van der Waals surface area contributed by atoms with Gasteiger partial charge in [-0.05, 0) is 42.5 Å². The zero-order valence-corrected chi connectivity index (χ0v) is 12.8. The molecule has 0 aliphatic carbocycles. The van der Waals surface area contributed by atoms with Gasteiger partial charge in [0.2, 0.25) is 0 Å². The van der Waals surface area contributed by atoms with E-state index < -0.39 is 0 Å². The molecular formula is C17H16ClN3O. The van der Waals surface area contributed by atoms with Crippen molar-refractivity contribution in [2.45, 2.75) is 12.6 Å². The molecule has 4 nitrogen and oxygen atoms in total. The first-order chi connectivity index (χ1) is 10.8. The van der Waals surface area contributed by atoms with Gasteiger partial charge in [-0.15, -0.1) is 0 Å². The van der Waals surface area contributed by atoms with Crippen LogP contribution in [0.2, 0.25) is 5.02 Å². The summed E-state index contributed by atoms with van der Waals surface area (Å²) in [5.74, 6) is 0.875. The third kappa shape index (κ3) is 2.80. The van der Waals surface area contributed by atoms with Crippen molar-refractivity contribution >= 4 is 22.6 Å². The van der Waals surface area contributed by atoms with Gasteiger partial charge in [-0.2, -0.15) is 0 Å². The second-order valence-corrected chi connectivity index (χ2v) is 6.04. The lowest BCUT2D eigenvalue weighted by atomic mass is 10.1. The first-order valence-corrected chi connectivity index (χ1v) is 7.72. The van der Waals surface area contributed by atoms with Crippen LogP contribution in [0.4, 0.5) is 0 Å². The number of rotatable bonds is 4. The third-order valence-electron chi connectivity index (χ3n) is 3.89. The SMILES string of the molecule is Clc1ccc(OC2CN(Cc3ccc4cc[nH]c4n3)C2)cc1. The van der Waals surface area contributed by atoms with Gasteiger partial charge in [0.05, 0.1) is 5.69 Å². The molecule has 3 heterocycles. The van der Waals surface area contributed by atoms with Gasteiger partial charge in [0.1, 0.15) is 17.5 Å². The Morgan fingerprint density at radius 3 is 2.77 bits per heavy atom. The van der Waals surface area contributed by atoms with Gasteiger partial charge in [0, 0.05) is 36.2 Å². The second-order valence-electron chi connectivity index (χ2n) is 5.61. The molecule has 22 heavy (non-hydrogen) atoms. The lowest BCUT2D eigenvalue weighted by Crippen LogP contribution is -2.53. The standard InChI is InChI=1S/C17H16ClN3O/c18-13-2-5-15(6-3-13)22-16-10-21(11-16)9-14-4-1-12-7-8-19-17(12)20-14/h1-8,16H,9-11H2,(H,19,20). The molecule has 1 saturated heterocycles. The number of aromatic nitrogens is 2. The fourth-order valence-corrected chi connectivity index (χ4v) is 2.85. The van der Waals surface area contributed by atoms with Crippen molar-refractivity contribution in [3.8, 4) is 5.75 Å². The summed E-state index contributed by atoms with van der Waals surface area (Å²) in [6.07, 6.45) is 2.16. The molecule has 0 unspecified atom stereocenters. The highest BCUT2D eigenvalue weighted by Gasteiger charge is 2.28. The van der Waals surface area contributed by atoms with E-state index in [1.54, 1.807) is 0 Å². The van der Waals surface area contributed by atoms with E-state index in [4.69, 9.17) is 16.3 Å². The van der Waals surface area contributed by atoms with E-state index in [0.29, 0.717) is 0 Å². The monoisotopic (exact) mass is 313 g/mol. The number of hydrogen-bond donors (Lipinski definition) is 1. The molecule has 3 aromatic rings. The second kappa shape index (κ2) is 5.63. The predicted molar refractivity (Wildman–Crippen MR) is 87.2 cm³/mol. The summed E-state index contributed by atoms with van der Waals surface area (Å²) in [5, 5.41) is 1.88. The fraction of sp³-hybridized carbons (Fsp3) is 0.235. The van der Waals surface area contributed by atoms with Gasteiger partial charge in [-0.1, -0.05) is 11.6 Å². The van der Waals surface area contributed by atoms with E-state index in [2.05, 4.69) is 27.0 Å². The van der Waals surface area contributed by atoms with Crippen LogP contribution >= 0.6 is 11.6 Å². The first-order valence-electron chi connectivity index (χ1n) is 7.34. The highest BCUT2D eigenvalue weighted by atomic mass is 35.5. The smallest absolute Gasteiger partial charge is 0.137 e. The average molecular weight is 314 g/mol. The number of ether oxygens (including phenoxy) is 1. The summed E-state index contributed by atoms with van der Waals surface area (Å²) in [6, 6.07) is 13.7. The van der Waals surface area contributed by atoms with E-state index in [-0.39, 0.29) is 6.10 Å². The Bertz CT molecular complexity index is 778. The maximum Gasteiger partial charge on any atom is 0.137 e. The van der Waals surface area contributed by atoms with Crippen molar-refractivity contribution in [1.82, 2.24) is 14.9 Å². The maximum atomic E-state index is 5.90.